The highest BCUT2D eigenvalue weighted by Gasteiger charge is 2.04. The zero-order valence-corrected chi connectivity index (χ0v) is 9.15. The highest BCUT2D eigenvalue weighted by molar-refractivity contribution is 5.88. The Balaban J connectivity index is 0. The van der Waals surface area contributed by atoms with Crippen molar-refractivity contribution in [3.8, 4) is 0 Å². The molecule has 0 aromatic rings. The molecule has 16 heavy (non-hydrogen) atoms. The standard InChI is InChI=1S/C6H8O4.C4H6O2/c1-4(2)6(9)10-3-5(7)8;1-3(2)4(5)6/h1,3H2,2H3,(H,7,8);1H2,2H3,(H,5,6). The molecule has 0 atom stereocenters. The van der Waals surface area contributed by atoms with Gasteiger partial charge in [0.05, 0.1) is 0 Å². The Hall–Kier alpha value is -2.11. The van der Waals surface area contributed by atoms with Crippen molar-refractivity contribution in [2.75, 3.05) is 6.61 Å². The number of carboxylic acids is 2. The van der Waals surface area contributed by atoms with E-state index in [0.717, 1.165) is 0 Å². The molecular weight excluding hydrogens is 216 g/mol. The van der Waals surface area contributed by atoms with Crippen LogP contribution >= 0.6 is 0 Å². The predicted molar refractivity (Wildman–Crippen MR) is 55.9 cm³/mol. The molecule has 0 rings (SSSR count). The van der Waals surface area contributed by atoms with Crippen molar-refractivity contribution >= 4 is 17.9 Å². The summed E-state index contributed by atoms with van der Waals surface area (Å²) in [6.07, 6.45) is 0. The molecule has 90 valence electrons. The van der Waals surface area contributed by atoms with E-state index in [1.54, 1.807) is 0 Å². The van der Waals surface area contributed by atoms with Crippen LogP contribution < -0.4 is 0 Å². The molecule has 0 saturated heterocycles. The summed E-state index contributed by atoms with van der Waals surface area (Å²) >= 11 is 0. The fraction of sp³-hybridized carbons (Fsp3) is 0.300. The number of hydrogen-bond acceptors (Lipinski definition) is 4. The third kappa shape index (κ3) is 11.9. The molecule has 0 aliphatic carbocycles. The average Bonchev–Trinajstić information content (AvgIpc) is 2.14. The Morgan fingerprint density at radius 1 is 1.06 bits per heavy atom. The maximum Gasteiger partial charge on any atom is 0.341 e. The Morgan fingerprint density at radius 2 is 1.44 bits per heavy atom. The first-order chi connectivity index (χ1) is 7.18. The molecule has 0 saturated carbocycles. The van der Waals surface area contributed by atoms with E-state index in [0.29, 0.717) is 0 Å². The second-order valence-corrected chi connectivity index (χ2v) is 2.84. The molecule has 6 nitrogen and oxygen atoms in total. The molecule has 6 heteroatoms. The minimum atomic E-state index is -1.17. The van der Waals surface area contributed by atoms with Gasteiger partial charge in [0.15, 0.2) is 6.61 Å². The number of carboxylic acid groups (broad SMARTS) is 2. The van der Waals surface area contributed by atoms with Crippen molar-refractivity contribution in [2.45, 2.75) is 13.8 Å². The van der Waals surface area contributed by atoms with Gasteiger partial charge in [-0.1, -0.05) is 13.2 Å². The largest absolute Gasteiger partial charge is 0.479 e. The van der Waals surface area contributed by atoms with Gasteiger partial charge in [-0.15, -0.1) is 0 Å². The molecule has 0 aromatic heterocycles. The number of rotatable bonds is 4. The molecule has 2 N–H and O–H groups in total. The average molecular weight is 230 g/mol. The smallest absolute Gasteiger partial charge is 0.341 e. The first-order valence-electron chi connectivity index (χ1n) is 4.11. The van der Waals surface area contributed by atoms with Crippen LogP contribution in [-0.2, 0) is 19.1 Å². The van der Waals surface area contributed by atoms with Gasteiger partial charge in [-0.2, -0.15) is 0 Å². The van der Waals surface area contributed by atoms with Gasteiger partial charge in [0, 0.05) is 11.1 Å². The Kier molecular flexibility index (Phi) is 8.39. The van der Waals surface area contributed by atoms with Crippen LogP contribution in [0.25, 0.3) is 0 Å². The summed E-state index contributed by atoms with van der Waals surface area (Å²) in [7, 11) is 0. The maximum absolute atomic E-state index is 10.5. The topological polar surface area (TPSA) is 101 Å². The summed E-state index contributed by atoms with van der Waals surface area (Å²) in [4.78, 5) is 29.9. The zero-order valence-electron chi connectivity index (χ0n) is 9.15. The lowest BCUT2D eigenvalue weighted by Crippen LogP contribution is -2.12. The molecule has 0 aromatic carbocycles. The van der Waals surface area contributed by atoms with E-state index in [9.17, 15) is 14.4 Å². The summed E-state index contributed by atoms with van der Waals surface area (Å²) in [6, 6.07) is 0. The molecule has 0 bridgehead atoms. The first kappa shape index (κ1) is 16.3. The van der Waals surface area contributed by atoms with E-state index in [4.69, 9.17) is 10.2 Å². The third-order valence-electron chi connectivity index (χ3n) is 1.04. The van der Waals surface area contributed by atoms with Gasteiger partial charge in [0.25, 0.3) is 0 Å². The number of aliphatic carboxylic acids is 2. The molecule has 0 aliphatic rings. The lowest BCUT2D eigenvalue weighted by Gasteiger charge is -1.98. The monoisotopic (exact) mass is 230 g/mol. The van der Waals surface area contributed by atoms with Crippen LogP contribution in [0.5, 0.6) is 0 Å². The number of esters is 1. The van der Waals surface area contributed by atoms with Gasteiger partial charge in [0.1, 0.15) is 0 Å². The van der Waals surface area contributed by atoms with Crippen molar-refractivity contribution < 1.29 is 29.3 Å². The van der Waals surface area contributed by atoms with Crippen LogP contribution in [0.15, 0.2) is 24.3 Å². The maximum atomic E-state index is 10.5. The molecule has 0 aliphatic heterocycles. The van der Waals surface area contributed by atoms with Crippen LogP contribution in [0.2, 0.25) is 0 Å². The lowest BCUT2D eigenvalue weighted by molar-refractivity contribution is -0.152. The summed E-state index contributed by atoms with van der Waals surface area (Å²) in [5.41, 5.74) is 0.372. The molecule has 0 unspecified atom stereocenters. The van der Waals surface area contributed by atoms with E-state index < -0.39 is 24.5 Å². The highest BCUT2D eigenvalue weighted by Crippen LogP contribution is 1.90. The molecule has 0 spiro atoms. The molecular formula is C10H14O6. The van der Waals surface area contributed by atoms with Crippen molar-refractivity contribution in [3.63, 3.8) is 0 Å². The van der Waals surface area contributed by atoms with Crippen molar-refractivity contribution in [1.82, 2.24) is 0 Å². The SMILES string of the molecule is C=C(C)C(=O)O.C=C(C)C(=O)OCC(=O)O. The quantitative estimate of drug-likeness (QED) is 0.548. The van der Waals surface area contributed by atoms with Crippen LogP contribution in [0.4, 0.5) is 0 Å². The minimum absolute atomic E-state index is 0.176. The number of carbonyl (C=O) groups excluding carboxylic acids is 1. The van der Waals surface area contributed by atoms with Gasteiger partial charge in [-0.25, -0.2) is 14.4 Å². The number of hydrogen-bond donors (Lipinski definition) is 2. The fourth-order valence-electron chi connectivity index (χ4n) is 0.250. The Morgan fingerprint density at radius 3 is 1.62 bits per heavy atom. The van der Waals surface area contributed by atoms with Crippen molar-refractivity contribution in [2.24, 2.45) is 0 Å². The van der Waals surface area contributed by atoms with E-state index in [1.165, 1.54) is 13.8 Å². The third-order valence-corrected chi connectivity index (χ3v) is 1.04. The summed E-state index contributed by atoms with van der Waals surface area (Å²) in [6.45, 7) is 8.71. The van der Waals surface area contributed by atoms with Gasteiger partial charge < -0.3 is 14.9 Å². The highest BCUT2D eigenvalue weighted by atomic mass is 16.5. The van der Waals surface area contributed by atoms with E-state index in [2.05, 4.69) is 17.9 Å². The predicted octanol–water partition coefficient (Wildman–Crippen LogP) is 0.837. The summed E-state index contributed by atoms with van der Waals surface area (Å²) in [5.74, 6) is -2.79. The van der Waals surface area contributed by atoms with Crippen LogP contribution in [-0.4, -0.2) is 34.7 Å². The van der Waals surface area contributed by atoms with Crippen molar-refractivity contribution in [1.29, 1.82) is 0 Å². The van der Waals surface area contributed by atoms with Crippen LogP contribution in [0, 0.1) is 0 Å². The normalized spacial score (nSPS) is 8.12. The van der Waals surface area contributed by atoms with E-state index in [-0.39, 0.29) is 11.1 Å². The minimum Gasteiger partial charge on any atom is -0.479 e. The van der Waals surface area contributed by atoms with Gasteiger partial charge in [-0.05, 0) is 13.8 Å². The Labute approximate surface area is 92.8 Å². The first-order valence-corrected chi connectivity index (χ1v) is 4.11. The molecule has 0 amide bonds. The second-order valence-electron chi connectivity index (χ2n) is 2.84. The molecule has 0 heterocycles. The summed E-state index contributed by atoms with van der Waals surface area (Å²) < 4.78 is 4.23. The van der Waals surface area contributed by atoms with Gasteiger partial charge in [-0.3, -0.25) is 0 Å². The lowest BCUT2D eigenvalue weighted by atomic mass is 10.4. The van der Waals surface area contributed by atoms with Crippen LogP contribution in [0.1, 0.15) is 13.8 Å². The summed E-state index contributed by atoms with van der Waals surface area (Å²) in [5, 5.41) is 15.9. The van der Waals surface area contributed by atoms with Crippen LogP contribution in [0.3, 0.4) is 0 Å². The van der Waals surface area contributed by atoms with E-state index >= 15 is 0 Å². The second kappa shape index (κ2) is 8.22. The Bertz CT molecular complexity index is 303. The molecule has 0 fully saturated rings. The van der Waals surface area contributed by atoms with E-state index in [1.807, 2.05) is 0 Å². The molecule has 0 radical (unpaired) electrons. The number of carbonyl (C=O) groups is 3. The van der Waals surface area contributed by atoms with Crippen molar-refractivity contribution in [3.05, 3.63) is 24.3 Å². The van der Waals surface area contributed by atoms with Gasteiger partial charge >= 0.3 is 17.9 Å². The zero-order chi connectivity index (χ0) is 13.3. The fourth-order valence-corrected chi connectivity index (χ4v) is 0.250. The number of ether oxygens (including phenoxy) is 1. The van der Waals surface area contributed by atoms with Gasteiger partial charge in [0.2, 0.25) is 0 Å².